The molecule has 2 heterocycles. The van der Waals surface area contributed by atoms with Gasteiger partial charge in [-0.25, -0.2) is 0 Å². The molecule has 1 N–H and O–H groups in total. The van der Waals surface area contributed by atoms with Crippen LogP contribution >= 0.6 is 22.9 Å². The zero-order valence-corrected chi connectivity index (χ0v) is 12.4. The van der Waals surface area contributed by atoms with Gasteiger partial charge >= 0.3 is 0 Å². The second kappa shape index (κ2) is 5.53. The Labute approximate surface area is 122 Å². The summed E-state index contributed by atoms with van der Waals surface area (Å²) in [4.78, 5) is 1.31. The highest BCUT2D eigenvalue weighted by molar-refractivity contribution is 7.16. The SMILES string of the molecule is CNC(Cc1ccc(Cl)s1)c1ccc2c(c1)CCO2. The first kappa shape index (κ1) is 13.0. The van der Waals surface area contributed by atoms with Crippen LogP contribution in [0.25, 0.3) is 0 Å². The average molecular weight is 294 g/mol. The lowest BCUT2D eigenvalue weighted by Gasteiger charge is -2.16. The number of nitrogens with one attached hydrogen (secondary N) is 1. The molecule has 0 radical (unpaired) electrons. The summed E-state index contributed by atoms with van der Waals surface area (Å²) >= 11 is 7.64. The molecule has 0 amide bonds. The molecule has 0 saturated carbocycles. The molecule has 100 valence electrons. The lowest BCUT2D eigenvalue weighted by molar-refractivity contribution is 0.356. The van der Waals surface area contributed by atoms with E-state index in [0.717, 1.165) is 29.5 Å². The van der Waals surface area contributed by atoms with Crippen LogP contribution in [0.4, 0.5) is 0 Å². The predicted molar refractivity (Wildman–Crippen MR) is 80.5 cm³/mol. The maximum Gasteiger partial charge on any atom is 0.122 e. The van der Waals surface area contributed by atoms with Crippen molar-refractivity contribution in [3.8, 4) is 5.75 Å². The van der Waals surface area contributed by atoms with Gasteiger partial charge in [0.05, 0.1) is 10.9 Å². The van der Waals surface area contributed by atoms with Crippen molar-refractivity contribution in [3.05, 3.63) is 50.7 Å². The highest BCUT2D eigenvalue weighted by atomic mass is 35.5. The molecule has 0 fully saturated rings. The number of benzene rings is 1. The molecule has 2 nitrogen and oxygen atoms in total. The molecule has 1 aromatic carbocycles. The Kier molecular flexibility index (Phi) is 3.78. The minimum Gasteiger partial charge on any atom is -0.493 e. The van der Waals surface area contributed by atoms with Crippen LogP contribution in [0.3, 0.4) is 0 Å². The number of thiophene rings is 1. The van der Waals surface area contributed by atoms with Crippen molar-refractivity contribution in [2.24, 2.45) is 0 Å². The maximum absolute atomic E-state index is 5.99. The van der Waals surface area contributed by atoms with E-state index in [-0.39, 0.29) is 0 Å². The lowest BCUT2D eigenvalue weighted by atomic mass is 10.00. The van der Waals surface area contributed by atoms with Crippen molar-refractivity contribution in [1.29, 1.82) is 0 Å². The normalized spacial score (nSPS) is 15.1. The summed E-state index contributed by atoms with van der Waals surface area (Å²) < 4.78 is 6.41. The second-order valence-corrected chi connectivity index (χ2v) is 6.52. The quantitative estimate of drug-likeness (QED) is 0.925. The number of ether oxygens (including phenoxy) is 1. The average Bonchev–Trinajstić information content (AvgIpc) is 3.03. The van der Waals surface area contributed by atoms with E-state index in [0.29, 0.717) is 6.04 Å². The smallest absolute Gasteiger partial charge is 0.122 e. The van der Waals surface area contributed by atoms with Gasteiger partial charge in [-0.3, -0.25) is 0 Å². The summed E-state index contributed by atoms with van der Waals surface area (Å²) in [6.45, 7) is 0.809. The van der Waals surface area contributed by atoms with Crippen molar-refractivity contribution < 1.29 is 4.74 Å². The fourth-order valence-electron chi connectivity index (χ4n) is 2.47. The Morgan fingerprint density at radius 2 is 2.26 bits per heavy atom. The van der Waals surface area contributed by atoms with Gasteiger partial charge in [0, 0.05) is 23.8 Å². The molecule has 4 heteroatoms. The van der Waals surface area contributed by atoms with Crippen molar-refractivity contribution in [3.63, 3.8) is 0 Å². The van der Waals surface area contributed by atoms with E-state index in [4.69, 9.17) is 16.3 Å². The number of hydrogen-bond acceptors (Lipinski definition) is 3. The van der Waals surface area contributed by atoms with E-state index in [1.165, 1.54) is 16.0 Å². The van der Waals surface area contributed by atoms with Gasteiger partial charge in [0.25, 0.3) is 0 Å². The largest absolute Gasteiger partial charge is 0.493 e. The van der Waals surface area contributed by atoms with Crippen LogP contribution in [0, 0.1) is 0 Å². The first-order valence-electron chi connectivity index (χ1n) is 6.43. The summed E-state index contributed by atoms with van der Waals surface area (Å²) in [5.41, 5.74) is 2.64. The Hall–Kier alpha value is -1.03. The molecule has 3 rings (SSSR count). The third kappa shape index (κ3) is 2.78. The zero-order valence-electron chi connectivity index (χ0n) is 10.8. The third-order valence-electron chi connectivity index (χ3n) is 3.50. The van der Waals surface area contributed by atoms with Crippen molar-refractivity contribution >= 4 is 22.9 Å². The minimum atomic E-state index is 0.320. The first-order chi connectivity index (χ1) is 9.26. The van der Waals surface area contributed by atoms with Crippen LogP contribution in [-0.2, 0) is 12.8 Å². The Morgan fingerprint density at radius 1 is 1.37 bits per heavy atom. The lowest BCUT2D eigenvalue weighted by Crippen LogP contribution is -2.18. The third-order valence-corrected chi connectivity index (χ3v) is 4.75. The number of hydrogen-bond donors (Lipinski definition) is 1. The molecule has 1 aliphatic rings. The van der Waals surface area contributed by atoms with E-state index in [2.05, 4.69) is 29.6 Å². The van der Waals surface area contributed by atoms with Crippen LogP contribution in [0.2, 0.25) is 4.34 Å². The van der Waals surface area contributed by atoms with Gasteiger partial charge in [0.15, 0.2) is 0 Å². The number of halogens is 1. The fourth-order valence-corrected chi connectivity index (χ4v) is 3.61. The Bertz CT molecular complexity index is 581. The molecule has 0 aliphatic carbocycles. The molecule has 1 aromatic heterocycles. The van der Waals surface area contributed by atoms with Crippen molar-refractivity contribution in [1.82, 2.24) is 5.32 Å². The van der Waals surface area contributed by atoms with E-state index < -0.39 is 0 Å². The zero-order chi connectivity index (χ0) is 13.2. The van der Waals surface area contributed by atoms with Crippen molar-refractivity contribution in [2.75, 3.05) is 13.7 Å². The van der Waals surface area contributed by atoms with Crippen LogP contribution in [0.5, 0.6) is 5.75 Å². The number of rotatable bonds is 4. The highest BCUT2D eigenvalue weighted by Gasteiger charge is 2.16. The van der Waals surface area contributed by atoms with Crippen LogP contribution in [0.15, 0.2) is 30.3 Å². The number of likely N-dealkylation sites (N-methyl/N-ethyl adjacent to an activating group) is 1. The molecule has 1 atom stereocenters. The van der Waals surface area contributed by atoms with Crippen LogP contribution < -0.4 is 10.1 Å². The fraction of sp³-hybridized carbons (Fsp3) is 0.333. The number of fused-ring (bicyclic) bond motifs is 1. The molecule has 2 aromatic rings. The van der Waals surface area contributed by atoms with Crippen molar-refractivity contribution in [2.45, 2.75) is 18.9 Å². The molecule has 0 spiro atoms. The standard InChI is InChI=1S/C15H16ClNOS/c1-17-13(9-12-3-5-15(16)19-12)10-2-4-14-11(8-10)6-7-18-14/h2-5,8,13,17H,6-7,9H2,1H3. The maximum atomic E-state index is 5.99. The van der Waals surface area contributed by atoms with Gasteiger partial charge in [-0.05, 0) is 36.4 Å². The monoisotopic (exact) mass is 293 g/mol. The summed E-state index contributed by atoms with van der Waals surface area (Å²) in [6, 6.07) is 10.9. The van der Waals surface area contributed by atoms with E-state index in [1.807, 2.05) is 13.1 Å². The van der Waals surface area contributed by atoms with Gasteiger partial charge in [-0.2, -0.15) is 0 Å². The van der Waals surface area contributed by atoms with E-state index in [1.54, 1.807) is 11.3 Å². The van der Waals surface area contributed by atoms with Gasteiger partial charge < -0.3 is 10.1 Å². The predicted octanol–water partition coefficient (Wildman–Crippen LogP) is 3.84. The molecule has 0 bridgehead atoms. The highest BCUT2D eigenvalue weighted by Crippen LogP contribution is 2.31. The molecule has 19 heavy (non-hydrogen) atoms. The van der Waals surface area contributed by atoms with Crippen LogP contribution in [-0.4, -0.2) is 13.7 Å². The summed E-state index contributed by atoms with van der Waals surface area (Å²) in [5, 5.41) is 3.39. The second-order valence-electron chi connectivity index (χ2n) is 4.72. The van der Waals surface area contributed by atoms with Gasteiger partial charge in [-0.15, -0.1) is 11.3 Å². The van der Waals surface area contributed by atoms with Crippen LogP contribution in [0.1, 0.15) is 22.0 Å². The molecule has 1 unspecified atom stereocenters. The van der Waals surface area contributed by atoms with Gasteiger partial charge in [0.1, 0.15) is 5.75 Å². The first-order valence-corrected chi connectivity index (χ1v) is 7.63. The summed E-state index contributed by atoms with van der Waals surface area (Å²) in [5.74, 6) is 1.04. The molecule has 1 aliphatic heterocycles. The molecule has 0 saturated heterocycles. The summed E-state index contributed by atoms with van der Waals surface area (Å²) in [6.07, 6.45) is 1.98. The molecular weight excluding hydrogens is 278 g/mol. The molecular formula is C15H16ClNOS. The Balaban J connectivity index is 1.82. The topological polar surface area (TPSA) is 21.3 Å². The Morgan fingerprint density at radius 3 is 3.00 bits per heavy atom. The van der Waals surface area contributed by atoms with Gasteiger partial charge in [0.2, 0.25) is 0 Å². The van der Waals surface area contributed by atoms with E-state index >= 15 is 0 Å². The van der Waals surface area contributed by atoms with E-state index in [9.17, 15) is 0 Å². The van der Waals surface area contributed by atoms with Gasteiger partial charge in [-0.1, -0.05) is 23.7 Å². The minimum absolute atomic E-state index is 0.320. The summed E-state index contributed by atoms with van der Waals surface area (Å²) in [7, 11) is 2.00.